The molecule has 2 unspecified atom stereocenters. The van der Waals surface area contributed by atoms with E-state index in [4.69, 9.17) is 14.5 Å². The lowest BCUT2D eigenvalue weighted by Gasteiger charge is -2.12. The molecule has 0 rings (SSSR count). The van der Waals surface area contributed by atoms with Gasteiger partial charge in [0.1, 0.15) is 12.7 Å². The fourth-order valence-corrected chi connectivity index (χ4v) is 4.65. The number of esters is 1. The Kier molecular flexibility index (Phi) is 24.5. The molecule has 0 aromatic heterocycles. The van der Waals surface area contributed by atoms with Crippen molar-refractivity contribution in [1.82, 2.24) is 0 Å². The predicted molar refractivity (Wildman–Crippen MR) is 147 cm³/mol. The van der Waals surface area contributed by atoms with Gasteiger partial charge in [-0.25, -0.2) is 4.57 Å². The molecule has 0 fully saturated rings. The zero-order valence-corrected chi connectivity index (χ0v) is 24.2. The van der Waals surface area contributed by atoms with Crippen LogP contribution in [0.2, 0.25) is 0 Å². The lowest BCUT2D eigenvalue weighted by atomic mass is 9.99. The first-order chi connectivity index (χ1) is 17.2. The molecule has 0 aromatic carbocycles. The summed E-state index contributed by atoms with van der Waals surface area (Å²) < 4.78 is 19.6. The minimum absolute atomic E-state index is 0.296. The highest BCUT2D eigenvalue weighted by atomic mass is 31.2. The summed E-state index contributed by atoms with van der Waals surface area (Å²) in [5.41, 5.74) is 0. The van der Waals surface area contributed by atoms with Crippen LogP contribution >= 0.6 is 7.82 Å². The number of phosphoric acid groups is 1. The first-order valence-corrected chi connectivity index (χ1v) is 16.3. The number of phosphoric ester groups is 1. The number of unbranched alkanes of at least 4 members (excludes halogenated alkanes) is 17. The third-order valence-corrected chi connectivity index (χ3v) is 7.38. The van der Waals surface area contributed by atoms with Crippen molar-refractivity contribution in [2.75, 3.05) is 13.2 Å². The second-order valence-corrected chi connectivity index (χ2v) is 11.8. The number of hydrogen-bond acceptors (Lipinski definition) is 5. The van der Waals surface area contributed by atoms with E-state index in [0.29, 0.717) is 6.42 Å². The highest BCUT2D eigenvalue weighted by Crippen LogP contribution is 2.35. The average Bonchev–Trinajstić information content (AvgIpc) is 2.84. The van der Waals surface area contributed by atoms with Gasteiger partial charge in [-0.05, 0) is 12.3 Å². The Morgan fingerprint density at radius 2 is 1.08 bits per heavy atom. The van der Waals surface area contributed by atoms with Crippen LogP contribution in [-0.4, -0.2) is 40.2 Å². The molecule has 0 bridgehead atoms. The number of aliphatic hydroxyl groups is 1. The van der Waals surface area contributed by atoms with E-state index in [1.165, 1.54) is 109 Å². The molecular formula is C28H57O7P. The van der Waals surface area contributed by atoms with Crippen LogP contribution in [-0.2, 0) is 18.6 Å². The number of carbonyl (C=O) groups is 1. The number of hydrogen-bond donors (Lipinski definition) is 3. The monoisotopic (exact) mass is 536 g/mol. The predicted octanol–water partition coefficient (Wildman–Crippen LogP) is 7.85. The van der Waals surface area contributed by atoms with Gasteiger partial charge in [0.05, 0.1) is 6.61 Å². The summed E-state index contributed by atoms with van der Waals surface area (Å²) in [6, 6.07) is 0. The van der Waals surface area contributed by atoms with Crippen molar-refractivity contribution in [3.8, 4) is 0 Å². The van der Waals surface area contributed by atoms with Crippen LogP contribution in [0.5, 0.6) is 0 Å². The van der Waals surface area contributed by atoms with Crippen LogP contribution < -0.4 is 0 Å². The van der Waals surface area contributed by atoms with Crippen molar-refractivity contribution in [3.63, 3.8) is 0 Å². The second kappa shape index (κ2) is 24.9. The van der Waals surface area contributed by atoms with Gasteiger partial charge in [-0.1, -0.05) is 136 Å². The molecular weight excluding hydrogens is 479 g/mol. The molecule has 0 saturated carbocycles. The first-order valence-electron chi connectivity index (χ1n) is 14.8. The molecule has 0 aliphatic heterocycles. The first kappa shape index (κ1) is 35.5. The number of ether oxygens (including phenoxy) is 1. The zero-order valence-electron chi connectivity index (χ0n) is 23.3. The van der Waals surface area contributed by atoms with Crippen LogP contribution in [0.1, 0.15) is 149 Å². The summed E-state index contributed by atoms with van der Waals surface area (Å²) in [6.45, 7) is 3.77. The Balaban J connectivity index is 3.24. The van der Waals surface area contributed by atoms with Gasteiger partial charge in [-0.2, -0.15) is 0 Å². The minimum Gasteiger partial charge on any atom is -0.463 e. The van der Waals surface area contributed by atoms with Gasteiger partial charge in [-0.3, -0.25) is 9.32 Å². The second-order valence-electron chi connectivity index (χ2n) is 10.5. The van der Waals surface area contributed by atoms with E-state index in [2.05, 4.69) is 18.4 Å². The molecule has 0 saturated heterocycles. The topological polar surface area (TPSA) is 113 Å². The third-order valence-electron chi connectivity index (χ3n) is 6.90. The Labute approximate surface area is 221 Å². The van der Waals surface area contributed by atoms with Gasteiger partial charge < -0.3 is 19.6 Å². The lowest BCUT2D eigenvalue weighted by molar-refractivity contribution is -0.147. The molecule has 0 radical (unpaired) electrons. The highest BCUT2D eigenvalue weighted by molar-refractivity contribution is 7.46. The molecule has 0 aromatic rings. The van der Waals surface area contributed by atoms with Crippen LogP contribution in [0.3, 0.4) is 0 Å². The maximum atomic E-state index is 11.6. The van der Waals surface area contributed by atoms with Gasteiger partial charge in [0.15, 0.2) is 0 Å². The standard InChI is InChI=1S/C28H57O7P/c1-3-26(2)22-20-18-16-14-12-10-8-6-4-5-7-9-11-13-15-17-19-21-23-28(30)34-24-27(29)25-35-36(31,32)33/h26-27,29H,3-25H2,1-2H3,(H2,31,32,33). The van der Waals surface area contributed by atoms with E-state index >= 15 is 0 Å². The van der Waals surface area contributed by atoms with E-state index in [-0.39, 0.29) is 6.61 Å². The van der Waals surface area contributed by atoms with Crippen molar-refractivity contribution in [2.24, 2.45) is 5.92 Å². The molecule has 0 aliphatic rings. The van der Waals surface area contributed by atoms with Gasteiger partial charge in [0.2, 0.25) is 0 Å². The third kappa shape index (κ3) is 28.1. The summed E-state index contributed by atoms with van der Waals surface area (Å²) in [5.74, 6) is 0.503. The summed E-state index contributed by atoms with van der Waals surface area (Å²) >= 11 is 0. The van der Waals surface area contributed by atoms with E-state index in [9.17, 15) is 14.5 Å². The smallest absolute Gasteiger partial charge is 0.463 e. The average molecular weight is 537 g/mol. The maximum absolute atomic E-state index is 11.6. The Bertz CT molecular complexity index is 538. The quantitative estimate of drug-likeness (QED) is 0.0556. The zero-order chi connectivity index (χ0) is 26.9. The normalized spacial score (nSPS) is 13.6. The summed E-state index contributed by atoms with van der Waals surface area (Å²) in [7, 11) is -4.62. The van der Waals surface area contributed by atoms with E-state index in [1.807, 2.05) is 0 Å². The van der Waals surface area contributed by atoms with Crippen molar-refractivity contribution in [3.05, 3.63) is 0 Å². The molecule has 216 valence electrons. The fraction of sp³-hybridized carbons (Fsp3) is 0.964. The van der Waals surface area contributed by atoms with Gasteiger partial charge in [-0.15, -0.1) is 0 Å². The molecule has 8 heteroatoms. The minimum atomic E-state index is -4.62. The summed E-state index contributed by atoms with van der Waals surface area (Å²) in [5, 5.41) is 9.47. The maximum Gasteiger partial charge on any atom is 0.469 e. The Morgan fingerprint density at radius 3 is 1.47 bits per heavy atom. The van der Waals surface area contributed by atoms with E-state index < -0.39 is 26.5 Å². The summed E-state index contributed by atoms with van der Waals surface area (Å²) in [6.07, 6.45) is 25.2. The van der Waals surface area contributed by atoms with Crippen LogP contribution in [0, 0.1) is 5.92 Å². The molecule has 0 heterocycles. The molecule has 0 spiro atoms. The van der Waals surface area contributed by atoms with Crippen molar-refractivity contribution >= 4 is 13.8 Å². The Hall–Kier alpha value is -0.460. The lowest BCUT2D eigenvalue weighted by Crippen LogP contribution is -2.23. The van der Waals surface area contributed by atoms with E-state index in [0.717, 1.165) is 25.2 Å². The fourth-order valence-electron chi connectivity index (χ4n) is 4.29. The van der Waals surface area contributed by atoms with Crippen molar-refractivity contribution < 1.29 is 33.5 Å². The van der Waals surface area contributed by atoms with Gasteiger partial charge >= 0.3 is 13.8 Å². The number of rotatable bonds is 27. The summed E-state index contributed by atoms with van der Waals surface area (Å²) in [4.78, 5) is 28.7. The molecule has 3 N–H and O–H groups in total. The molecule has 0 amide bonds. The largest absolute Gasteiger partial charge is 0.469 e. The van der Waals surface area contributed by atoms with Gasteiger partial charge in [0.25, 0.3) is 0 Å². The number of carbonyl (C=O) groups excluding carboxylic acids is 1. The molecule has 36 heavy (non-hydrogen) atoms. The SMILES string of the molecule is CCC(C)CCCCCCCCCCCCCCCCCCCCC(=O)OCC(O)COP(=O)(O)O. The molecule has 7 nitrogen and oxygen atoms in total. The van der Waals surface area contributed by atoms with Gasteiger partial charge in [0, 0.05) is 6.42 Å². The van der Waals surface area contributed by atoms with E-state index in [1.54, 1.807) is 0 Å². The molecule has 2 atom stereocenters. The van der Waals surface area contributed by atoms with Crippen LogP contribution in [0.25, 0.3) is 0 Å². The van der Waals surface area contributed by atoms with Crippen molar-refractivity contribution in [1.29, 1.82) is 0 Å². The van der Waals surface area contributed by atoms with Crippen LogP contribution in [0.4, 0.5) is 0 Å². The highest BCUT2D eigenvalue weighted by Gasteiger charge is 2.17. The number of aliphatic hydroxyl groups excluding tert-OH is 1. The van der Waals surface area contributed by atoms with Crippen molar-refractivity contribution in [2.45, 2.75) is 155 Å². The van der Waals surface area contributed by atoms with Crippen LogP contribution in [0.15, 0.2) is 0 Å². The molecule has 0 aliphatic carbocycles. The Morgan fingerprint density at radius 1 is 0.694 bits per heavy atom.